The number of piperidine rings is 1. The van der Waals surface area contributed by atoms with Gasteiger partial charge in [0, 0.05) is 36.8 Å². The highest BCUT2D eigenvalue weighted by Crippen LogP contribution is 2.22. The van der Waals surface area contributed by atoms with E-state index in [1.54, 1.807) is 6.20 Å². The van der Waals surface area contributed by atoms with Crippen molar-refractivity contribution in [2.45, 2.75) is 46.2 Å². The largest absolute Gasteiger partial charge is 0.349 e. The summed E-state index contributed by atoms with van der Waals surface area (Å²) in [6.07, 6.45) is 4.15. The number of carbonyl (C=O) groups is 1. The SMILES string of the molecule is CCn1ncc([C@H](C)NC(=O)C2CCN(S(C)(=O)=O)CC2)c1C. The fourth-order valence-electron chi connectivity index (χ4n) is 3.06. The first kappa shape index (κ1) is 17.9. The van der Waals surface area contributed by atoms with Crippen molar-refractivity contribution in [3.05, 3.63) is 17.5 Å². The monoisotopic (exact) mass is 342 g/mol. The minimum absolute atomic E-state index is 0.00528. The van der Waals surface area contributed by atoms with Gasteiger partial charge in [-0.15, -0.1) is 0 Å². The van der Waals surface area contributed by atoms with E-state index in [1.165, 1.54) is 10.6 Å². The number of sulfonamides is 1. The number of nitrogens with one attached hydrogen (secondary N) is 1. The van der Waals surface area contributed by atoms with Crippen molar-refractivity contribution in [3.63, 3.8) is 0 Å². The normalized spacial score (nSPS) is 18.8. The third-order valence-electron chi connectivity index (χ3n) is 4.56. The summed E-state index contributed by atoms with van der Waals surface area (Å²) in [6.45, 7) is 7.61. The van der Waals surface area contributed by atoms with E-state index in [1.807, 2.05) is 25.5 Å². The molecule has 0 saturated carbocycles. The van der Waals surface area contributed by atoms with Crippen LogP contribution in [0.5, 0.6) is 0 Å². The van der Waals surface area contributed by atoms with Crippen LogP contribution >= 0.6 is 0 Å². The molecule has 2 heterocycles. The Kier molecular flexibility index (Phi) is 5.46. The van der Waals surface area contributed by atoms with Crippen molar-refractivity contribution >= 4 is 15.9 Å². The summed E-state index contributed by atoms with van der Waals surface area (Å²) in [5, 5.41) is 7.34. The molecule has 1 aromatic rings. The van der Waals surface area contributed by atoms with Gasteiger partial charge in [0.25, 0.3) is 0 Å². The molecule has 1 aliphatic rings. The molecule has 0 unspecified atom stereocenters. The van der Waals surface area contributed by atoms with Gasteiger partial charge in [0.05, 0.1) is 18.5 Å². The third-order valence-corrected chi connectivity index (χ3v) is 5.86. The van der Waals surface area contributed by atoms with Crippen molar-refractivity contribution in [1.29, 1.82) is 0 Å². The molecular formula is C15H26N4O3S. The van der Waals surface area contributed by atoms with Gasteiger partial charge in [0.1, 0.15) is 0 Å². The van der Waals surface area contributed by atoms with Crippen LogP contribution in [-0.2, 0) is 21.4 Å². The second-order valence-corrected chi connectivity index (χ2v) is 8.15. The van der Waals surface area contributed by atoms with Crippen LogP contribution in [0.1, 0.15) is 44.0 Å². The molecule has 7 nitrogen and oxygen atoms in total. The summed E-state index contributed by atoms with van der Waals surface area (Å²) in [4.78, 5) is 12.4. The van der Waals surface area contributed by atoms with Gasteiger partial charge in [0.2, 0.25) is 15.9 Å². The Balaban J connectivity index is 1.93. The molecule has 1 saturated heterocycles. The highest BCUT2D eigenvalue weighted by Gasteiger charge is 2.29. The second-order valence-electron chi connectivity index (χ2n) is 6.17. The molecule has 23 heavy (non-hydrogen) atoms. The molecule has 0 aliphatic carbocycles. The Morgan fingerprint density at radius 2 is 2.04 bits per heavy atom. The van der Waals surface area contributed by atoms with Gasteiger partial charge in [-0.05, 0) is 33.6 Å². The molecule has 1 aromatic heterocycles. The van der Waals surface area contributed by atoms with Crippen LogP contribution in [0.15, 0.2) is 6.20 Å². The van der Waals surface area contributed by atoms with E-state index in [0.29, 0.717) is 25.9 Å². The minimum atomic E-state index is -3.16. The summed E-state index contributed by atoms with van der Waals surface area (Å²) in [5.74, 6) is -0.133. The summed E-state index contributed by atoms with van der Waals surface area (Å²) in [6, 6.07) is -0.101. The fourth-order valence-corrected chi connectivity index (χ4v) is 3.94. The van der Waals surface area contributed by atoms with Crippen LogP contribution in [0.2, 0.25) is 0 Å². The smallest absolute Gasteiger partial charge is 0.223 e. The van der Waals surface area contributed by atoms with Gasteiger partial charge in [-0.25, -0.2) is 12.7 Å². The lowest BCUT2D eigenvalue weighted by molar-refractivity contribution is -0.126. The molecule has 130 valence electrons. The van der Waals surface area contributed by atoms with E-state index >= 15 is 0 Å². The highest BCUT2D eigenvalue weighted by molar-refractivity contribution is 7.88. The average molecular weight is 342 g/mol. The van der Waals surface area contributed by atoms with Crippen LogP contribution in [0.3, 0.4) is 0 Å². The van der Waals surface area contributed by atoms with Crippen molar-refractivity contribution in [2.75, 3.05) is 19.3 Å². The summed E-state index contributed by atoms with van der Waals surface area (Å²) in [7, 11) is -3.16. The molecule has 0 bridgehead atoms. The molecule has 0 spiro atoms. The van der Waals surface area contributed by atoms with E-state index in [9.17, 15) is 13.2 Å². The van der Waals surface area contributed by atoms with E-state index in [2.05, 4.69) is 10.4 Å². The quantitative estimate of drug-likeness (QED) is 0.867. The Bertz CT molecular complexity index is 660. The topological polar surface area (TPSA) is 84.3 Å². The summed E-state index contributed by atoms with van der Waals surface area (Å²) < 4.78 is 26.4. The number of aryl methyl sites for hydroxylation is 1. The van der Waals surface area contributed by atoms with Crippen molar-refractivity contribution in [3.8, 4) is 0 Å². The molecular weight excluding hydrogens is 316 g/mol. The number of hydrogen-bond donors (Lipinski definition) is 1. The maximum atomic E-state index is 12.4. The Hall–Kier alpha value is -1.41. The number of carbonyl (C=O) groups excluding carboxylic acids is 1. The van der Waals surface area contributed by atoms with Crippen LogP contribution in [0.25, 0.3) is 0 Å². The Morgan fingerprint density at radius 1 is 1.43 bits per heavy atom. The van der Waals surface area contributed by atoms with Crippen LogP contribution in [0.4, 0.5) is 0 Å². The van der Waals surface area contributed by atoms with Crippen LogP contribution in [-0.4, -0.2) is 47.8 Å². The molecule has 2 rings (SSSR count). The first-order valence-electron chi connectivity index (χ1n) is 8.01. The maximum Gasteiger partial charge on any atom is 0.223 e. The van der Waals surface area contributed by atoms with Crippen molar-refractivity contribution < 1.29 is 13.2 Å². The lowest BCUT2D eigenvalue weighted by atomic mass is 9.96. The van der Waals surface area contributed by atoms with E-state index < -0.39 is 10.0 Å². The van der Waals surface area contributed by atoms with Gasteiger partial charge in [-0.1, -0.05) is 0 Å². The van der Waals surface area contributed by atoms with Crippen molar-refractivity contribution in [1.82, 2.24) is 19.4 Å². The molecule has 0 radical (unpaired) electrons. The maximum absolute atomic E-state index is 12.4. The summed E-state index contributed by atoms with van der Waals surface area (Å²) in [5.41, 5.74) is 2.08. The van der Waals surface area contributed by atoms with Crippen molar-refractivity contribution in [2.24, 2.45) is 5.92 Å². The molecule has 0 aromatic carbocycles. The zero-order chi connectivity index (χ0) is 17.2. The summed E-state index contributed by atoms with van der Waals surface area (Å²) >= 11 is 0. The highest BCUT2D eigenvalue weighted by atomic mass is 32.2. The molecule has 1 aliphatic heterocycles. The van der Waals surface area contributed by atoms with Gasteiger partial charge in [0.15, 0.2) is 0 Å². The predicted octanol–water partition coefficient (Wildman–Crippen LogP) is 1.06. The van der Waals surface area contributed by atoms with E-state index in [-0.39, 0.29) is 17.9 Å². The second kappa shape index (κ2) is 7.00. The zero-order valence-electron chi connectivity index (χ0n) is 14.2. The number of aromatic nitrogens is 2. The molecule has 8 heteroatoms. The van der Waals surface area contributed by atoms with Gasteiger partial charge in [-0.2, -0.15) is 5.10 Å². The first-order chi connectivity index (χ1) is 10.7. The Morgan fingerprint density at radius 3 is 2.52 bits per heavy atom. The molecule has 1 amide bonds. The molecule has 1 fully saturated rings. The van der Waals surface area contributed by atoms with Gasteiger partial charge >= 0.3 is 0 Å². The molecule has 1 atom stereocenters. The molecule has 1 N–H and O–H groups in total. The number of amides is 1. The third kappa shape index (κ3) is 4.11. The lowest BCUT2D eigenvalue weighted by Gasteiger charge is -2.30. The van der Waals surface area contributed by atoms with Gasteiger partial charge in [-0.3, -0.25) is 9.48 Å². The Labute approximate surface area is 138 Å². The predicted molar refractivity (Wildman–Crippen MR) is 88.3 cm³/mol. The van der Waals surface area contributed by atoms with E-state index in [4.69, 9.17) is 0 Å². The van der Waals surface area contributed by atoms with Crippen LogP contribution in [0, 0.1) is 12.8 Å². The average Bonchev–Trinajstić information content (AvgIpc) is 2.87. The lowest BCUT2D eigenvalue weighted by Crippen LogP contribution is -2.43. The van der Waals surface area contributed by atoms with Gasteiger partial charge < -0.3 is 5.32 Å². The zero-order valence-corrected chi connectivity index (χ0v) is 15.1. The number of rotatable bonds is 5. The standard InChI is InChI=1S/C15H26N4O3S/c1-5-19-12(3)14(10-16-19)11(2)17-15(20)13-6-8-18(9-7-13)23(4,21)22/h10-11,13H,5-9H2,1-4H3,(H,17,20)/t11-/m0/s1. The first-order valence-corrected chi connectivity index (χ1v) is 9.86. The van der Waals surface area contributed by atoms with E-state index in [0.717, 1.165) is 17.8 Å². The fraction of sp³-hybridized carbons (Fsp3) is 0.733. The minimum Gasteiger partial charge on any atom is -0.349 e. The number of hydrogen-bond acceptors (Lipinski definition) is 4. The van der Waals surface area contributed by atoms with Crippen LogP contribution < -0.4 is 5.32 Å². The number of nitrogens with zero attached hydrogens (tertiary/aromatic N) is 3.